The van der Waals surface area contributed by atoms with E-state index in [1.807, 2.05) is 24.1 Å². The Morgan fingerprint density at radius 3 is 2.93 bits per heavy atom. The third-order valence-electron chi connectivity index (χ3n) is 4.09. The van der Waals surface area contributed by atoms with Gasteiger partial charge in [-0.1, -0.05) is 24.2 Å². The fourth-order valence-electron chi connectivity index (χ4n) is 2.76. The Morgan fingerprint density at radius 1 is 1.37 bits per heavy atom. The molecule has 0 radical (unpaired) electrons. The van der Waals surface area contributed by atoms with E-state index in [-0.39, 0.29) is 6.61 Å². The number of hydrogen-bond acceptors (Lipinski definition) is 5. The highest BCUT2D eigenvalue weighted by Gasteiger charge is 2.10. The van der Waals surface area contributed by atoms with Crippen LogP contribution in [0.15, 0.2) is 53.2 Å². The summed E-state index contributed by atoms with van der Waals surface area (Å²) in [5.74, 6) is 0.594. The minimum atomic E-state index is 0.241. The van der Waals surface area contributed by atoms with Crippen molar-refractivity contribution in [3.8, 4) is 5.88 Å². The standard InChI is InChI=1S/C20H23ClN4OS/c1-14(21)13-26-20-17(11-22-7-6-15-10-23-25(2)12-15)8-16-4-5-18(27-3)9-19(16)24-20/h4-5,8-10,12,22H,1,6-7,11,13H2,2-3H3. The smallest absolute Gasteiger partial charge is 0.218 e. The maximum absolute atomic E-state index is 5.87. The summed E-state index contributed by atoms with van der Waals surface area (Å²) >= 11 is 7.56. The number of nitrogens with zero attached hydrogens (tertiary/aromatic N) is 3. The third-order valence-corrected chi connectivity index (χ3v) is 4.93. The van der Waals surface area contributed by atoms with E-state index in [9.17, 15) is 0 Å². The molecule has 5 nitrogen and oxygen atoms in total. The molecule has 0 bridgehead atoms. The van der Waals surface area contributed by atoms with E-state index in [1.54, 1.807) is 11.8 Å². The van der Waals surface area contributed by atoms with Gasteiger partial charge in [-0.05, 0) is 43.0 Å². The number of halogens is 1. The molecule has 0 aliphatic heterocycles. The van der Waals surface area contributed by atoms with Gasteiger partial charge in [-0.25, -0.2) is 4.98 Å². The van der Waals surface area contributed by atoms with Gasteiger partial charge in [0.25, 0.3) is 0 Å². The van der Waals surface area contributed by atoms with Crippen LogP contribution in [0.5, 0.6) is 5.88 Å². The molecule has 0 amide bonds. The fraction of sp³-hybridized carbons (Fsp3) is 0.300. The van der Waals surface area contributed by atoms with E-state index in [0.29, 0.717) is 17.5 Å². The topological polar surface area (TPSA) is 52.0 Å². The lowest BCUT2D eigenvalue weighted by molar-refractivity contribution is 0.341. The van der Waals surface area contributed by atoms with Crippen LogP contribution in [0.3, 0.4) is 0 Å². The molecule has 0 spiro atoms. The number of rotatable bonds is 9. The minimum Gasteiger partial charge on any atom is -0.472 e. The van der Waals surface area contributed by atoms with Crippen molar-refractivity contribution >= 4 is 34.3 Å². The van der Waals surface area contributed by atoms with E-state index in [4.69, 9.17) is 21.3 Å². The molecule has 27 heavy (non-hydrogen) atoms. The first kappa shape index (κ1) is 19.7. The van der Waals surface area contributed by atoms with Crippen molar-refractivity contribution in [1.82, 2.24) is 20.1 Å². The van der Waals surface area contributed by atoms with Crippen LogP contribution in [-0.4, -0.2) is 34.2 Å². The summed E-state index contributed by atoms with van der Waals surface area (Å²) in [5.41, 5.74) is 3.13. The summed E-state index contributed by atoms with van der Waals surface area (Å²) in [6.07, 6.45) is 6.89. The van der Waals surface area contributed by atoms with Crippen molar-refractivity contribution in [2.24, 2.45) is 7.05 Å². The van der Waals surface area contributed by atoms with Crippen molar-refractivity contribution in [3.05, 3.63) is 59.4 Å². The Bertz CT molecular complexity index is 941. The van der Waals surface area contributed by atoms with Gasteiger partial charge in [-0.3, -0.25) is 4.68 Å². The number of ether oxygens (including phenoxy) is 1. The van der Waals surface area contributed by atoms with Crippen LogP contribution < -0.4 is 10.1 Å². The number of benzene rings is 1. The Kier molecular flexibility index (Phi) is 6.77. The molecule has 0 saturated heterocycles. The number of nitrogens with one attached hydrogen (secondary N) is 1. The van der Waals surface area contributed by atoms with Crippen molar-refractivity contribution in [2.75, 3.05) is 19.4 Å². The third kappa shape index (κ3) is 5.48. The number of hydrogen-bond donors (Lipinski definition) is 1. The maximum atomic E-state index is 5.87. The average molecular weight is 403 g/mol. The zero-order valence-corrected chi connectivity index (χ0v) is 17.1. The van der Waals surface area contributed by atoms with Gasteiger partial charge in [0, 0.05) is 40.7 Å². The molecule has 0 atom stereocenters. The maximum Gasteiger partial charge on any atom is 0.218 e. The zero-order chi connectivity index (χ0) is 19.2. The average Bonchev–Trinajstić information content (AvgIpc) is 3.07. The number of aryl methyl sites for hydroxylation is 1. The lowest BCUT2D eigenvalue weighted by Crippen LogP contribution is -2.17. The Balaban J connectivity index is 1.74. The van der Waals surface area contributed by atoms with Gasteiger partial charge in [0.1, 0.15) is 6.61 Å². The van der Waals surface area contributed by atoms with Crippen LogP contribution in [-0.2, 0) is 20.0 Å². The van der Waals surface area contributed by atoms with Crippen LogP contribution in [0.2, 0.25) is 0 Å². The second kappa shape index (κ2) is 9.26. The van der Waals surface area contributed by atoms with E-state index in [1.165, 1.54) is 10.5 Å². The lowest BCUT2D eigenvalue weighted by atomic mass is 10.1. The molecule has 3 aromatic rings. The van der Waals surface area contributed by atoms with E-state index in [2.05, 4.69) is 47.5 Å². The summed E-state index contributed by atoms with van der Waals surface area (Å²) in [4.78, 5) is 5.88. The zero-order valence-electron chi connectivity index (χ0n) is 15.5. The number of thioether (sulfide) groups is 1. The first-order valence-electron chi connectivity index (χ1n) is 8.67. The summed E-state index contributed by atoms with van der Waals surface area (Å²) < 4.78 is 7.61. The summed E-state index contributed by atoms with van der Waals surface area (Å²) in [6.45, 7) is 5.44. The van der Waals surface area contributed by atoms with Gasteiger partial charge in [-0.2, -0.15) is 5.10 Å². The largest absolute Gasteiger partial charge is 0.472 e. The molecule has 3 rings (SSSR count). The van der Waals surface area contributed by atoms with Gasteiger partial charge in [0.15, 0.2) is 0 Å². The number of fused-ring (bicyclic) bond motifs is 1. The molecule has 2 aromatic heterocycles. The van der Waals surface area contributed by atoms with E-state index >= 15 is 0 Å². The van der Waals surface area contributed by atoms with Crippen molar-refractivity contribution in [3.63, 3.8) is 0 Å². The first-order valence-corrected chi connectivity index (χ1v) is 10.3. The highest BCUT2D eigenvalue weighted by molar-refractivity contribution is 7.98. The van der Waals surface area contributed by atoms with Crippen molar-refractivity contribution in [1.29, 1.82) is 0 Å². The minimum absolute atomic E-state index is 0.241. The van der Waals surface area contributed by atoms with Crippen LogP contribution in [0.25, 0.3) is 10.9 Å². The number of aromatic nitrogens is 3. The fourth-order valence-corrected chi connectivity index (χ4v) is 3.24. The van der Waals surface area contributed by atoms with Gasteiger partial charge in [0.2, 0.25) is 5.88 Å². The molecular formula is C20H23ClN4OS. The molecule has 0 saturated carbocycles. The van der Waals surface area contributed by atoms with Gasteiger partial charge < -0.3 is 10.1 Å². The predicted molar refractivity (Wildman–Crippen MR) is 113 cm³/mol. The van der Waals surface area contributed by atoms with Crippen molar-refractivity contribution < 1.29 is 4.74 Å². The second-order valence-corrected chi connectivity index (χ2v) is 7.68. The van der Waals surface area contributed by atoms with Gasteiger partial charge in [0.05, 0.1) is 11.7 Å². The normalized spacial score (nSPS) is 11.1. The molecule has 1 N–H and O–H groups in total. The second-order valence-electron chi connectivity index (χ2n) is 6.27. The molecule has 142 valence electrons. The highest BCUT2D eigenvalue weighted by Crippen LogP contribution is 2.26. The quantitative estimate of drug-likeness (QED) is 0.430. The molecule has 7 heteroatoms. The molecule has 2 heterocycles. The van der Waals surface area contributed by atoms with Crippen molar-refractivity contribution in [2.45, 2.75) is 17.9 Å². The van der Waals surface area contributed by atoms with Gasteiger partial charge in [-0.15, -0.1) is 11.8 Å². The lowest BCUT2D eigenvalue weighted by Gasteiger charge is -2.13. The Morgan fingerprint density at radius 2 is 2.22 bits per heavy atom. The van der Waals surface area contributed by atoms with Crippen LogP contribution in [0.4, 0.5) is 0 Å². The van der Waals surface area contributed by atoms with Crippen LogP contribution >= 0.6 is 23.4 Å². The van der Waals surface area contributed by atoms with Crippen LogP contribution in [0, 0.1) is 0 Å². The van der Waals surface area contributed by atoms with E-state index in [0.717, 1.165) is 29.4 Å². The predicted octanol–water partition coefficient (Wildman–Crippen LogP) is 4.15. The van der Waals surface area contributed by atoms with Crippen LogP contribution in [0.1, 0.15) is 11.1 Å². The molecule has 1 aromatic carbocycles. The summed E-state index contributed by atoms with van der Waals surface area (Å²) in [5, 5.41) is 9.19. The molecule has 0 unspecified atom stereocenters. The highest BCUT2D eigenvalue weighted by atomic mass is 35.5. The Hall–Kier alpha value is -2.02. The molecule has 0 aliphatic rings. The van der Waals surface area contributed by atoms with Gasteiger partial charge >= 0.3 is 0 Å². The molecular weight excluding hydrogens is 380 g/mol. The molecule has 0 fully saturated rings. The first-order chi connectivity index (χ1) is 13.0. The van der Waals surface area contributed by atoms with E-state index < -0.39 is 0 Å². The Labute approximate surface area is 168 Å². The molecule has 0 aliphatic carbocycles. The SMILES string of the molecule is C=C(Cl)COc1nc2cc(SC)ccc2cc1CNCCc1cnn(C)c1. The summed E-state index contributed by atoms with van der Waals surface area (Å²) in [6, 6.07) is 8.39. The number of pyridine rings is 1. The monoisotopic (exact) mass is 402 g/mol. The summed E-state index contributed by atoms with van der Waals surface area (Å²) in [7, 11) is 1.93.